The summed E-state index contributed by atoms with van der Waals surface area (Å²) in [4.78, 5) is 4.89. The zero-order valence-corrected chi connectivity index (χ0v) is 28.9. The number of rotatable bonds is 6. The van der Waals surface area contributed by atoms with Crippen molar-refractivity contribution in [2.75, 3.05) is 22.9 Å². The molecule has 0 saturated carbocycles. The molecule has 0 bridgehead atoms. The Kier molecular flexibility index (Phi) is 6.28. The number of benzene rings is 6. The fourth-order valence-electron chi connectivity index (χ4n) is 9.28. The number of hydrogen-bond donors (Lipinski definition) is 0. The van der Waals surface area contributed by atoms with Crippen LogP contribution in [0.15, 0.2) is 114 Å². The molecule has 11 rings (SSSR count). The molecule has 0 radical (unpaired) electrons. The Hall–Kier alpha value is -5.55. The van der Waals surface area contributed by atoms with Crippen molar-refractivity contribution in [2.24, 2.45) is 0 Å². The predicted octanol–water partition coefficient (Wildman–Crippen LogP) is 7.33. The fourth-order valence-corrected chi connectivity index (χ4v) is 9.28. The maximum Gasteiger partial charge on any atom is 0.261 e. The molecule has 6 aromatic carbocycles. The standard InChI is InChI=1S/C44H36B2N2O3/c1-3-5-21-47-33-15-9-8-14-30(33)45-31-23-27-24-32-40(26-28(27)25-39(31)49-37-19-11-16-34(47)42(37)45)50-38-20-12-17-35-43(38)46(32)41-29-13-7-10-18-36(29)51-44(41)48(35)22-6-4-2/h7-20,23-26H,3-6,21-22H2,1-2H3. The smallest absolute Gasteiger partial charge is 0.261 e. The highest BCUT2D eigenvalue weighted by Crippen LogP contribution is 2.41. The van der Waals surface area contributed by atoms with Crippen molar-refractivity contribution in [1.29, 1.82) is 0 Å². The number of furan rings is 1. The lowest BCUT2D eigenvalue weighted by molar-refractivity contribution is 0.486. The Balaban J connectivity index is 1.12. The number of ether oxygens (including phenoxy) is 2. The van der Waals surface area contributed by atoms with Gasteiger partial charge in [-0.05, 0) is 99.5 Å². The van der Waals surface area contributed by atoms with Gasteiger partial charge in [0.15, 0.2) is 5.88 Å². The largest absolute Gasteiger partial charge is 0.458 e. The van der Waals surface area contributed by atoms with Crippen LogP contribution < -0.4 is 52.1 Å². The fraction of sp³-hybridized carbons (Fsp3) is 0.182. The first-order valence-electron chi connectivity index (χ1n) is 18.6. The highest BCUT2D eigenvalue weighted by Gasteiger charge is 2.45. The van der Waals surface area contributed by atoms with Crippen LogP contribution in [0.1, 0.15) is 39.5 Å². The SMILES string of the molecule is CCCCN1c2ccccc2B2c3cc4cc5c(cc4cc3Oc3cccc1c32)Oc1cccc2c1B5c1c(oc3ccccc13)N2CCCC. The molecular weight excluding hydrogens is 626 g/mol. The zero-order valence-electron chi connectivity index (χ0n) is 28.9. The van der Waals surface area contributed by atoms with Gasteiger partial charge >= 0.3 is 0 Å². The molecule has 0 atom stereocenters. The lowest BCUT2D eigenvalue weighted by Crippen LogP contribution is -2.60. The number of hydrogen-bond acceptors (Lipinski definition) is 5. The van der Waals surface area contributed by atoms with Crippen molar-refractivity contribution in [2.45, 2.75) is 39.5 Å². The van der Waals surface area contributed by atoms with Crippen LogP contribution >= 0.6 is 0 Å². The molecule has 5 heterocycles. The molecule has 1 aromatic heterocycles. The molecule has 0 fully saturated rings. The Labute approximate surface area is 298 Å². The van der Waals surface area contributed by atoms with Gasteiger partial charge in [-0.2, -0.15) is 0 Å². The molecule has 246 valence electrons. The highest BCUT2D eigenvalue weighted by molar-refractivity contribution is 7.01. The van der Waals surface area contributed by atoms with Crippen LogP contribution in [0, 0.1) is 0 Å². The molecule has 0 spiro atoms. The number of nitrogens with zero attached hydrogens (tertiary/aromatic N) is 2. The maximum atomic E-state index is 6.84. The van der Waals surface area contributed by atoms with Crippen LogP contribution in [0.5, 0.6) is 23.0 Å². The van der Waals surface area contributed by atoms with Crippen LogP contribution in [0.2, 0.25) is 0 Å². The van der Waals surface area contributed by atoms with Crippen molar-refractivity contribution in [3.8, 4) is 23.0 Å². The topological polar surface area (TPSA) is 38.1 Å². The highest BCUT2D eigenvalue weighted by atomic mass is 16.5. The van der Waals surface area contributed by atoms with Gasteiger partial charge in [-0.3, -0.25) is 0 Å². The first-order valence-corrected chi connectivity index (χ1v) is 18.6. The van der Waals surface area contributed by atoms with E-state index in [0.29, 0.717) is 0 Å². The van der Waals surface area contributed by atoms with E-state index in [4.69, 9.17) is 13.9 Å². The van der Waals surface area contributed by atoms with Gasteiger partial charge in [0.2, 0.25) is 0 Å². The second-order valence-corrected chi connectivity index (χ2v) is 14.5. The first kappa shape index (κ1) is 29.2. The van der Waals surface area contributed by atoms with E-state index < -0.39 is 0 Å². The van der Waals surface area contributed by atoms with Gasteiger partial charge in [-0.25, -0.2) is 0 Å². The summed E-state index contributed by atoms with van der Waals surface area (Å²) in [5.41, 5.74) is 12.1. The van der Waals surface area contributed by atoms with Crippen molar-refractivity contribution in [1.82, 2.24) is 0 Å². The van der Waals surface area contributed by atoms with E-state index in [-0.39, 0.29) is 13.4 Å². The molecule has 4 aliphatic heterocycles. The molecule has 7 aromatic rings. The number of para-hydroxylation sites is 2. The molecule has 0 aliphatic carbocycles. The normalized spacial score (nSPS) is 14.3. The predicted molar refractivity (Wildman–Crippen MR) is 213 cm³/mol. The van der Waals surface area contributed by atoms with Gasteiger partial charge in [-0.15, -0.1) is 0 Å². The lowest BCUT2D eigenvalue weighted by atomic mass is 9.33. The van der Waals surface area contributed by atoms with Gasteiger partial charge in [0.25, 0.3) is 13.4 Å². The van der Waals surface area contributed by atoms with Crippen LogP contribution in [-0.4, -0.2) is 26.5 Å². The molecule has 0 N–H and O–H groups in total. The summed E-state index contributed by atoms with van der Waals surface area (Å²) in [7, 11) is 0. The van der Waals surface area contributed by atoms with E-state index in [1.165, 1.54) is 60.6 Å². The first-order chi connectivity index (χ1) is 25.2. The summed E-state index contributed by atoms with van der Waals surface area (Å²) in [6.45, 7) is 6.46. The second kappa shape index (κ2) is 11.0. The third-order valence-corrected chi connectivity index (χ3v) is 11.6. The molecule has 0 amide bonds. The minimum atomic E-state index is -0.0111. The minimum absolute atomic E-state index is 0.0111. The molecule has 5 nitrogen and oxygen atoms in total. The average molecular weight is 662 g/mol. The summed E-state index contributed by atoms with van der Waals surface area (Å²) in [5.74, 6) is 4.64. The Morgan fingerprint density at radius 3 is 1.84 bits per heavy atom. The Morgan fingerprint density at radius 1 is 0.510 bits per heavy atom. The molecule has 0 saturated heterocycles. The Morgan fingerprint density at radius 2 is 1.10 bits per heavy atom. The van der Waals surface area contributed by atoms with E-state index in [0.717, 1.165) is 78.6 Å². The third kappa shape index (κ3) is 4.06. The van der Waals surface area contributed by atoms with Gasteiger partial charge in [0.1, 0.15) is 28.6 Å². The van der Waals surface area contributed by atoms with E-state index >= 15 is 0 Å². The third-order valence-electron chi connectivity index (χ3n) is 11.6. The van der Waals surface area contributed by atoms with Gasteiger partial charge in [-0.1, -0.05) is 87.4 Å². The van der Waals surface area contributed by atoms with Crippen molar-refractivity contribution in [3.05, 3.63) is 109 Å². The molecule has 4 aliphatic rings. The van der Waals surface area contributed by atoms with E-state index in [2.05, 4.69) is 133 Å². The van der Waals surface area contributed by atoms with Crippen molar-refractivity contribution >= 4 is 90.9 Å². The van der Waals surface area contributed by atoms with Crippen molar-refractivity contribution in [3.63, 3.8) is 0 Å². The summed E-state index contributed by atoms with van der Waals surface area (Å²) in [6.07, 6.45) is 4.47. The minimum Gasteiger partial charge on any atom is -0.458 e. The zero-order chi connectivity index (χ0) is 33.8. The number of fused-ring (bicyclic) bond motifs is 11. The summed E-state index contributed by atoms with van der Waals surface area (Å²) in [6, 6.07) is 39.7. The average Bonchev–Trinajstić information content (AvgIpc) is 3.55. The maximum absolute atomic E-state index is 6.84. The second-order valence-electron chi connectivity index (χ2n) is 14.5. The molecule has 0 unspecified atom stereocenters. The number of anilines is 4. The van der Waals surface area contributed by atoms with E-state index in [9.17, 15) is 0 Å². The van der Waals surface area contributed by atoms with Gasteiger partial charge in [0.05, 0.1) is 0 Å². The lowest BCUT2D eigenvalue weighted by Gasteiger charge is -2.40. The van der Waals surface area contributed by atoms with Crippen molar-refractivity contribution < 1.29 is 13.9 Å². The summed E-state index contributed by atoms with van der Waals surface area (Å²) < 4.78 is 20.4. The van der Waals surface area contributed by atoms with Gasteiger partial charge in [0, 0.05) is 41.0 Å². The Bertz CT molecular complexity index is 2580. The number of unbranched alkanes of at least 4 members (excludes halogenated alkanes) is 2. The van der Waals surface area contributed by atoms with Gasteiger partial charge < -0.3 is 23.7 Å². The summed E-state index contributed by atoms with van der Waals surface area (Å²) >= 11 is 0. The van der Waals surface area contributed by atoms with Crippen LogP contribution in [0.4, 0.5) is 22.9 Å². The summed E-state index contributed by atoms with van der Waals surface area (Å²) in [5, 5.41) is 3.47. The van der Waals surface area contributed by atoms with Crippen LogP contribution in [-0.2, 0) is 0 Å². The monoisotopic (exact) mass is 662 g/mol. The van der Waals surface area contributed by atoms with E-state index in [1.54, 1.807) is 0 Å². The van der Waals surface area contributed by atoms with E-state index in [1.807, 2.05) is 0 Å². The van der Waals surface area contributed by atoms with Crippen LogP contribution in [0.3, 0.4) is 0 Å². The molecule has 51 heavy (non-hydrogen) atoms. The van der Waals surface area contributed by atoms with Crippen LogP contribution in [0.25, 0.3) is 21.7 Å². The quantitative estimate of drug-likeness (QED) is 0.175. The molecule has 7 heteroatoms. The molecular formula is C44H36B2N2O3.